The van der Waals surface area contributed by atoms with E-state index in [-0.39, 0.29) is 29.4 Å². The molecule has 8 heteroatoms. The molecule has 5 rings (SSSR count). The van der Waals surface area contributed by atoms with Crippen molar-refractivity contribution in [3.63, 3.8) is 0 Å². The number of aryl methyl sites for hydroxylation is 2. The monoisotopic (exact) mass is 578 g/mol. The lowest BCUT2D eigenvalue weighted by Gasteiger charge is -2.07. The van der Waals surface area contributed by atoms with Crippen LogP contribution in [-0.2, 0) is 16.2 Å². The standard InChI is InChI=1S/C34H30N2O5S/c1-4-36-31-15-9-23(33(39)27-8-6-5-7-21(27)2)19-28(31)29-20-24(10-16-32(29)36)34(40)30(35-41-22(3)37)17-18-42-26-13-11-25(38)12-14-26/h5-16,19-20,38H,4,17-18H2,1-3H3/b35-30+. The van der Waals surface area contributed by atoms with Gasteiger partial charge >= 0.3 is 5.97 Å². The lowest BCUT2D eigenvalue weighted by atomic mass is 9.97. The Kier molecular flexibility index (Phi) is 8.54. The largest absolute Gasteiger partial charge is 0.508 e. The summed E-state index contributed by atoms with van der Waals surface area (Å²) in [6, 6.07) is 25.5. The van der Waals surface area contributed by atoms with Crippen molar-refractivity contribution < 1.29 is 24.3 Å². The molecule has 0 radical (unpaired) electrons. The fourth-order valence-electron chi connectivity index (χ4n) is 5.00. The molecule has 212 valence electrons. The normalized spacial score (nSPS) is 11.6. The van der Waals surface area contributed by atoms with Gasteiger partial charge in [0, 0.05) is 69.0 Å². The maximum Gasteiger partial charge on any atom is 0.331 e. The third-order valence-corrected chi connectivity index (χ3v) is 8.10. The van der Waals surface area contributed by atoms with Gasteiger partial charge < -0.3 is 14.5 Å². The molecule has 0 unspecified atom stereocenters. The van der Waals surface area contributed by atoms with Crippen molar-refractivity contribution in [2.24, 2.45) is 5.16 Å². The first-order valence-electron chi connectivity index (χ1n) is 13.6. The molecule has 42 heavy (non-hydrogen) atoms. The fourth-order valence-corrected chi connectivity index (χ4v) is 5.86. The van der Waals surface area contributed by atoms with E-state index in [4.69, 9.17) is 4.84 Å². The van der Waals surface area contributed by atoms with Gasteiger partial charge in [0.15, 0.2) is 5.78 Å². The van der Waals surface area contributed by atoms with Crippen molar-refractivity contribution >= 4 is 56.8 Å². The third kappa shape index (κ3) is 5.99. The number of fused-ring (bicyclic) bond motifs is 3. The van der Waals surface area contributed by atoms with Gasteiger partial charge in [-0.15, -0.1) is 11.8 Å². The van der Waals surface area contributed by atoms with Crippen molar-refractivity contribution in [1.82, 2.24) is 4.57 Å². The molecule has 0 atom stereocenters. The molecule has 0 amide bonds. The van der Waals surface area contributed by atoms with Crippen LogP contribution in [0.25, 0.3) is 21.8 Å². The molecule has 5 aromatic rings. The van der Waals surface area contributed by atoms with Gasteiger partial charge in [-0.05, 0) is 80.1 Å². The second-order valence-corrected chi connectivity index (χ2v) is 11.1. The topological polar surface area (TPSA) is 98.0 Å². The number of nitrogens with zero attached hydrogens (tertiary/aromatic N) is 2. The van der Waals surface area contributed by atoms with Gasteiger partial charge in [0.25, 0.3) is 0 Å². The number of Topliss-reactive ketones (excluding diaryl/α,β-unsaturated/α-hetero) is 1. The maximum atomic E-state index is 13.7. The molecule has 0 aliphatic carbocycles. The third-order valence-electron chi connectivity index (χ3n) is 7.09. The zero-order valence-corrected chi connectivity index (χ0v) is 24.4. The molecule has 0 bridgehead atoms. The van der Waals surface area contributed by atoms with Gasteiger partial charge in [0.05, 0.1) is 0 Å². The average Bonchev–Trinajstić information content (AvgIpc) is 3.31. The average molecular weight is 579 g/mol. The molecule has 1 N–H and O–H groups in total. The van der Waals surface area contributed by atoms with Crippen LogP contribution in [0.15, 0.2) is 95.0 Å². The number of thioether (sulfide) groups is 1. The van der Waals surface area contributed by atoms with E-state index < -0.39 is 5.97 Å². The summed E-state index contributed by atoms with van der Waals surface area (Å²) in [7, 11) is 0. The number of phenolic OH excluding ortho intramolecular Hbond substituents is 1. The van der Waals surface area contributed by atoms with Gasteiger partial charge in [-0.2, -0.15) is 0 Å². The van der Waals surface area contributed by atoms with E-state index in [1.807, 2.05) is 61.5 Å². The number of benzene rings is 4. The Balaban J connectivity index is 1.50. The lowest BCUT2D eigenvalue weighted by molar-refractivity contribution is -0.140. The predicted molar refractivity (Wildman–Crippen MR) is 167 cm³/mol. The van der Waals surface area contributed by atoms with E-state index in [1.165, 1.54) is 18.7 Å². The van der Waals surface area contributed by atoms with Gasteiger partial charge in [-0.1, -0.05) is 29.4 Å². The molecule has 0 aliphatic rings. The van der Waals surface area contributed by atoms with Gasteiger partial charge in [0.2, 0.25) is 5.78 Å². The SMILES string of the molecule is CCn1c2ccc(C(=O)/C(CCSc3ccc(O)cc3)=N/OC(C)=O)cc2c2cc(C(=O)c3ccccc3C)ccc21. The van der Waals surface area contributed by atoms with Crippen molar-refractivity contribution in [3.05, 3.63) is 107 Å². The van der Waals surface area contributed by atoms with Crippen molar-refractivity contribution in [3.8, 4) is 5.75 Å². The number of rotatable bonds is 10. The first-order valence-corrected chi connectivity index (χ1v) is 14.6. The zero-order chi connectivity index (χ0) is 29.8. The Morgan fingerprint density at radius 3 is 2.17 bits per heavy atom. The zero-order valence-electron chi connectivity index (χ0n) is 23.6. The first-order chi connectivity index (χ1) is 20.3. The minimum Gasteiger partial charge on any atom is -0.508 e. The molecule has 0 spiro atoms. The highest BCUT2D eigenvalue weighted by Crippen LogP contribution is 2.32. The quantitative estimate of drug-likeness (QED) is 0.0612. The highest BCUT2D eigenvalue weighted by molar-refractivity contribution is 7.99. The summed E-state index contributed by atoms with van der Waals surface area (Å²) < 4.78 is 2.16. The minimum absolute atomic E-state index is 0.0541. The molecule has 0 aliphatic heterocycles. The second kappa shape index (κ2) is 12.4. The Labute approximate surface area is 247 Å². The highest BCUT2D eigenvalue weighted by atomic mass is 32.2. The van der Waals surface area contributed by atoms with Crippen LogP contribution in [0.3, 0.4) is 0 Å². The van der Waals surface area contributed by atoms with Crippen LogP contribution in [0.4, 0.5) is 0 Å². The van der Waals surface area contributed by atoms with E-state index in [9.17, 15) is 19.5 Å². The summed E-state index contributed by atoms with van der Waals surface area (Å²) in [5.41, 5.74) is 4.60. The number of aromatic hydroxyl groups is 1. The summed E-state index contributed by atoms with van der Waals surface area (Å²) in [6.07, 6.45) is 0.265. The summed E-state index contributed by atoms with van der Waals surface area (Å²) in [5, 5.41) is 15.1. The molecule has 4 aromatic carbocycles. The molecule has 0 saturated carbocycles. The summed E-state index contributed by atoms with van der Waals surface area (Å²) in [4.78, 5) is 44.4. The van der Waals surface area contributed by atoms with Crippen LogP contribution in [0, 0.1) is 6.92 Å². The number of aromatic nitrogens is 1. The van der Waals surface area contributed by atoms with Crippen LogP contribution in [-0.4, -0.2) is 38.7 Å². The van der Waals surface area contributed by atoms with E-state index >= 15 is 0 Å². The molecule has 0 saturated heterocycles. The maximum absolute atomic E-state index is 13.7. The van der Waals surface area contributed by atoms with Crippen molar-refractivity contribution in [2.45, 2.75) is 38.6 Å². The Morgan fingerprint density at radius 1 is 0.881 bits per heavy atom. The summed E-state index contributed by atoms with van der Waals surface area (Å²) in [5.74, 6) is -0.314. The smallest absolute Gasteiger partial charge is 0.331 e. The van der Waals surface area contributed by atoms with Gasteiger partial charge in [-0.3, -0.25) is 9.59 Å². The van der Waals surface area contributed by atoms with E-state index in [1.54, 1.807) is 30.3 Å². The van der Waals surface area contributed by atoms with E-state index in [2.05, 4.69) is 16.6 Å². The Morgan fingerprint density at radius 2 is 1.52 bits per heavy atom. The molecule has 1 heterocycles. The van der Waals surface area contributed by atoms with Crippen LogP contribution >= 0.6 is 11.8 Å². The molecular formula is C34H30N2O5S. The molecular weight excluding hydrogens is 548 g/mol. The van der Waals surface area contributed by atoms with Gasteiger partial charge in [-0.25, -0.2) is 4.79 Å². The number of carbonyl (C=O) groups is 3. The van der Waals surface area contributed by atoms with Crippen LogP contribution in [0.5, 0.6) is 5.75 Å². The van der Waals surface area contributed by atoms with Gasteiger partial charge in [0.1, 0.15) is 11.5 Å². The molecule has 1 aromatic heterocycles. The number of oxime groups is 1. The first kappa shape index (κ1) is 28.8. The number of carbonyl (C=O) groups excluding carboxylic acids is 3. The number of hydrogen-bond acceptors (Lipinski definition) is 7. The highest BCUT2D eigenvalue weighted by Gasteiger charge is 2.20. The Hall–Kier alpha value is -4.69. The number of phenols is 1. The van der Waals surface area contributed by atoms with Crippen LogP contribution in [0.2, 0.25) is 0 Å². The second-order valence-electron chi connectivity index (χ2n) is 9.89. The lowest BCUT2D eigenvalue weighted by Crippen LogP contribution is -2.16. The van der Waals surface area contributed by atoms with Crippen molar-refractivity contribution in [1.29, 1.82) is 0 Å². The summed E-state index contributed by atoms with van der Waals surface area (Å²) in [6.45, 7) is 5.93. The summed E-state index contributed by atoms with van der Waals surface area (Å²) >= 11 is 1.50. The van der Waals surface area contributed by atoms with Crippen molar-refractivity contribution in [2.75, 3.05) is 5.75 Å². The number of ketones is 2. The van der Waals surface area contributed by atoms with Crippen LogP contribution < -0.4 is 0 Å². The molecule has 0 fully saturated rings. The van der Waals surface area contributed by atoms with E-state index in [0.717, 1.165) is 32.3 Å². The minimum atomic E-state index is -0.612. The fraction of sp³-hybridized carbons (Fsp3) is 0.176. The molecule has 7 nitrogen and oxygen atoms in total. The van der Waals surface area contributed by atoms with Crippen LogP contribution in [0.1, 0.15) is 52.1 Å². The predicted octanol–water partition coefficient (Wildman–Crippen LogP) is 7.34. The Bertz CT molecular complexity index is 1850. The van der Waals surface area contributed by atoms with E-state index in [0.29, 0.717) is 29.0 Å². The number of hydrogen-bond donors (Lipinski definition) is 1.